The molecule has 4 heteroatoms. The van der Waals surface area contributed by atoms with Gasteiger partial charge in [-0.25, -0.2) is 0 Å². The van der Waals surface area contributed by atoms with E-state index < -0.39 is 0 Å². The van der Waals surface area contributed by atoms with E-state index >= 15 is 0 Å². The number of methoxy groups -OCH3 is 1. The Morgan fingerprint density at radius 2 is 2.29 bits per heavy atom. The molecular weight excluding hydrogens is 178 g/mol. The van der Waals surface area contributed by atoms with Crippen LogP contribution in [0.15, 0.2) is 18.2 Å². The van der Waals surface area contributed by atoms with Crippen LogP contribution in [0.2, 0.25) is 0 Å². The highest BCUT2D eigenvalue weighted by Gasteiger charge is 2.07. The van der Waals surface area contributed by atoms with Crippen molar-refractivity contribution in [3.8, 4) is 12.1 Å². The van der Waals surface area contributed by atoms with Crippen molar-refractivity contribution in [2.24, 2.45) is 7.05 Å². The van der Waals surface area contributed by atoms with Crippen molar-refractivity contribution in [3.63, 3.8) is 0 Å². The molecule has 70 valence electrons. The zero-order valence-corrected chi connectivity index (χ0v) is 7.98. The van der Waals surface area contributed by atoms with E-state index in [1.54, 1.807) is 19.2 Å². The Morgan fingerprint density at radius 3 is 2.93 bits per heavy atom. The van der Waals surface area contributed by atoms with E-state index in [2.05, 4.69) is 11.1 Å². The summed E-state index contributed by atoms with van der Waals surface area (Å²) < 4.78 is 6.89. The number of nitrogens with zero attached hydrogens (tertiary/aromatic N) is 3. The van der Waals surface area contributed by atoms with Crippen molar-refractivity contribution < 1.29 is 4.74 Å². The van der Waals surface area contributed by atoms with Crippen molar-refractivity contribution in [1.82, 2.24) is 9.55 Å². The van der Waals surface area contributed by atoms with E-state index in [0.717, 1.165) is 11.0 Å². The lowest BCUT2D eigenvalue weighted by molar-refractivity contribution is 0.368. The fraction of sp³-hybridized carbons (Fsp3) is 0.200. The summed E-state index contributed by atoms with van der Waals surface area (Å²) in [6.45, 7) is 0. The monoisotopic (exact) mass is 187 g/mol. The highest BCUT2D eigenvalue weighted by atomic mass is 16.5. The SMILES string of the molecule is COc1nc2ccc(C#N)cc2n1C. The highest BCUT2D eigenvalue weighted by Crippen LogP contribution is 2.20. The molecule has 0 atom stereocenters. The van der Waals surface area contributed by atoms with Crippen LogP contribution in [0.3, 0.4) is 0 Å². The second-order valence-corrected chi connectivity index (χ2v) is 2.97. The molecule has 0 spiro atoms. The number of hydrogen-bond acceptors (Lipinski definition) is 3. The molecule has 1 aromatic heterocycles. The average molecular weight is 187 g/mol. The van der Waals surface area contributed by atoms with Crippen molar-refractivity contribution in [2.75, 3.05) is 7.11 Å². The van der Waals surface area contributed by atoms with Gasteiger partial charge in [0.2, 0.25) is 0 Å². The van der Waals surface area contributed by atoms with Crippen LogP contribution in [0, 0.1) is 11.3 Å². The van der Waals surface area contributed by atoms with Crippen LogP contribution in [-0.4, -0.2) is 16.7 Å². The largest absolute Gasteiger partial charge is 0.468 e. The summed E-state index contributed by atoms with van der Waals surface area (Å²) in [6.07, 6.45) is 0. The molecule has 0 aliphatic rings. The van der Waals surface area contributed by atoms with Crippen molar-refractivity contribution in [2.45, 2.75) is 0 Å². The van der Waals surface area contributed by atoms with E-state index in [-0.39, 0.29) is 0 Å². The molecule has 0 saturated carbocycles. The molecule has 0 aliphatic heterocycles. The number of hydrogen-bond donors (Lipinski definition) is 0. The van der Waals surface area contributed by atoms with Gasteiger partial charge in [-0.05, 0) is 18.2 Å². The summed E-state index contributed by atoms with van der Waals surface area (Å²) in [4.78, 5) is 4.24. The van der Waals surface area contributed by atoms with Gasteiger partial charge in [0.1, 0.15) is 0 Å². The molecule has 0 N–H and O–H groups in total. The summed E-state index contributed by atoms with van der Waals surface area (Å²) in [6, 6.07) is 8.00. The summed E-state index contributed by atoms with van der Waals surface area (Å²) in [7, 11) is 3.43. The minimum Gasteiger partial charge on any atom is -0.468 e. The van der Waals surface area contributed by atoms with Crippen molar-refractivity contribution >= 4 is 11.0 Å². The predicted molar refractivity (Wildman–Crippen MR) is 52.0 cm³/mol. The fourth-order valence-electron chi connectivity index (χ4n) is 1.42. The van der Waals surface area contributed by atoms with Crippen LogP contribution in [0.25, 0.3) is 11.0 Å². The van der Waals surface area contributed by atoms with Crippen LogP contribution >= 0.6 is 0 Å². The summed E-state index contributed by atoms with van der Waals surface area (Å²) >= 11 is 0. The minimum atomic E-state index is 0.551. The molecule has 1 aromatic carbocycles. The van der Waals surface area contributed by atoms with Crippen LogP contribution in [-0.2, 0) is 7.05 Å². The molecule has 0 amide bonds. The molecule has 1 heterocycles. The van der Waals surface area contributed by atoms with Crippen LogP contribution < -0.4 is 4.74 Å². The Bertz CT molecular complexity index is 522. The Labute approximate surface area is 81.4 Å². The summed E-state index contributed by atoms with van der Waals surface area (Å²) in [5, 5.41) is 8.74. The van der Waals surface area contributed by atoms with E-state index in [1.807, 2.05) is 17.7 Å². The first-order chi connectivity index (χ1) is 6.76. The quantitative estimate of drug-likeness (QED) is 0.679. The summed E-state index contributed by atoms with van der Waals surface area (Å²) in [5.41, 5.74) is 2.37. The average Bonchev–Trinajstić information content (AvgIpc) is 2.55. The molecule has 2 rings (SSSR count). The van der Waals surface area contributed by atoms with Crippen LogP contribution in [0.4, 0.5) is 0 Å². The van der Waals surface area contributed by atoms with Crippen LogP contribution in [0.1, 0.15) is 5.56 Å². The second-order valence-electron chi connectivity index (χ2n) is 2.97. The normalized spacial score (nSPS) is 10.1. The van der Waals surface area contributed by atoms with Gasteiger partial charge in [-0.2, -0.15) is 10.2 Å². The summed E-state index contributed by atoms with van der Waals surface area (Å²) in [5.74, 6) is 0. The number of nitriles is 1. The minimum absolute atomic E-state index is 0.551. The first kappa shape index (κ1) is 8.57. The lowest BCUT2D eigenvalue weighted by atomic mass is 10.2. The molecule has 0 unspecified atom stereocenters. The van der Waals surface area contributed by atoms with E-state index in [4.69, 9.17) is 10.00 Å². The molecule has 2 aromatic rings. The number of imidazole rings is 1. The van der Waals surface area contributed by atoms with E-state index in [0.29, 0.717) is 11.6 Å². The van der Waals surface area contributed by atoms with Gasteiger partial charge in [-0.1, -0.05) is 0 Å². The van der Waals surface area contributed by atoms with Gasteiger partial charge >= 0.3 is 0 Å². The van der Waals surface area contributed by atoms with E-state index in [9.17, 15) is 0 Å². The molecule has 0 saturated heterocycles. The zero-order chi connectivity index (χ0) is 10.1. The zero-order valence-electron chi connectivity index (χ0n) is 7.98. The Kier molecular flexibility index (Phi) is 1.86. The smallest absolute Gasteiger partial charge is 0.296 e. The number of benzene rings is 1. The topological polar surface area (TPSA) is 50.8 Å². The molecule has 4 nitrogen and oxygen atoms in total. The van der Waals surface area contributed by atoms with Gasteiger partial charge in [0.15, 0.2) is 0 Å². The molecule has 0 bridgehead atoms. The lowest BCUT2D eigenvalue weighted by Gasteiger charge is -1.98. The van der Waals surface area contributed by atoms with Gasteiger partial charge in [-0.3, -0.25) is 4.57 Å². The maximum absolute atomic E-state index is 8.74. The Hall–Kier alpha value is -2.02. The number of aryl methyl sites for hydroxylation is 1. The third-order valence-corrected chi connectivity index (χ3v) is 2.15. The van der Waals surface area contributed by atoms with Crippen LogP contribution in [0.5, 0.6) is 6.01 Å². The molecule has 0 fully saturated rings. The predicted octanol–water partition coefficient (Wildman–Crippen LogP) is 1.45. The molecular formula is C10H9N3O. The number of aromatic nitrogens is 2. The first-order valence-corrected chi connectivity index (χ1v) is 4.17. The fourth-order valence-corrected chi connectivity index (χ4v) is 1.42. The van der Waals surface area contributed by atoms with Gasteiger partial charge in [-0.15, -0.1) is 0 Å². The molecule has 0 radical (unpaired) electrons. The van der Waals surface area contributed by atoms with Crippen molar-refractivity contribution in [3.05, 3.63) is 23.8 Å². The van der Waals surface area contributed by atoms with Gasteiger partial charge in [0.25, 0.3) is 6.01 Å². The standard InChI is InChI=1S/C10H9N3O/c1-13-9-5-7(6-11)3-4-8(9)12-10(13)14-2/h3-5H,1-2H3. The van der Waals surface area contributed by atoms with Gasteiger partial charge in [0.05, 0.1) is 29.8 Å². The molecule has 14 heavy (non-hydrogen) atoms. The van der Waals surface area contributed by atoms with E-state index in [1.165, 1.54) is 0 Å². The maximum Gasteiger partial charge on any atom is 0.296 e. The highest BCUT2D eigenvalue weighted by molar-refractivity contribution is 5.78. The van der Waals surface area contributed by atoms with Gasteiger partial charge in [0, 0.05) is 7.05 Å². The molecule has 0 aliphatic carbocycles. The number of fused-ring (bicyclic) bond motifs is 1. The lowest BCUT2D eigenvalue weighted by Crippen LogP contribution is -1.93. The first-order valence-electron chi connectivity index (χ1n) is 4.17. The van der Waals surface area contributed by atoms with Crippen molar-refractivity contribution in [1.29, 1.82) is 5.26 Å². The number of rotatable bonds is 1. The third kappa shape index (κ3) is 1.11. The van der Waals surface area contributed by atoms with Gasteiger partial charge < -0.3 is 4.74 Å². The third-order valence-electron chi connectivity index (χ3n) is 2.15. The Balaban J connectivity index is 2.75. The second kappa shape index (κ2) is 3.04. The number of ether oxygens (including phenoxy) is 1. The maximum atomic E-state index is 8.74. The Morgan fingerprint density at radius 1 is 1.50 bits per heavy atom.